The molecule has 0 fully saturated rings. The number of alkyl halides is 6. The Morgan fingerprint density at radius 1 is 1.35 bits per heavy atom. The smallest absolute Gasteiger partial charge is 0.348 e. The summed E-state index contributed by atoms with van der Waals surface area (Å²) in [7, 11) is 0. The normalized spacial score (nSPS) is 22.9. The second-order valence-corrected chi connectivity index (χ2v) is 6.09. The van der Waals surface area contributed by atoms with E-state index in [4.69, 9.17) is 17.5 Å². The monoisotopic (exact) mass is 394 g/mol. The molecule has 140 valence electrons. The Morgan fingerprint density at radius 2 is 2.00 bits per heavy atom. The molecule has 11 heteroatoms. The van der Waals surface area contributed by atoms with E-state index in [1.807, 2.05) is 0 Å². The summed E-state index contributed by atoms with van der Waals surface area (Å²) in [5, 5.41) is 18.2. The van der Waals surface area contributed by atoms with Gasteiger partial charge in [-0.05, 0) is 24.6 Å². The highest BCUT2D eigenvalue weighted by Gasteiger charge is 2.51. The van der Waals surface area contributed by atoms with Crippen LogP contribution in [0.15, 0.2) is 28.4 Å². The zero-order valence-corrected chi connectivity index (χ0v) is 14.1. The maximum atomic E-state index is 13.0. The molecule has 1 aliphatic heterocycles. The number of hydrogen-bond donors (Lipinski definition) is 1. The van der Waals surface area contributed by atoms with Crippen LogP contribution in [-0.2, 0) is 6.18 Å². The van der Waals surface area contributed by atoms with Crippen LogP contribution in [0.25, 0.3) is 0 Å². The van der Waals surface area contributed by atoms with Crippen molar-refractivity contribution in [2.45, 2.75) is 43.7 Å². The van der Waals surface area contributed by atoms with Gasteiger partial charge in [-0.2, -0.15) is 41.8 Å². The number of anilines is 1. The Labute approximate surface area is 149 Å². The van der Waals surface area contributed by atoms with Crippen LogP contribution in [0.2, 0.25) is 0 Å². The molecule has 0 aromatic heterocycles. The first-order valence-electron chi connectivity index (χ1n) is 7.34. The predicted molar refractivity (Wildman–Crippen MR) is 84.7 cm³/mol. The Balaban J connectivity index is 2.27. The van der Waals surface area contributed by atoms with Crippen LogP contribution in [0.3, 0.4) is 0 Å². The van der Waals surface area contributed by atoms with Crippen molar-refractivity contribution in [2.75, 3.05) is 5.32 Å². The molecule has 26 heavy (non-hydrogen) atoms. The molecule has 1 aromatic rings. The number of nitriles is 1. The van der Waals surface area contributed by atoms with Gasteiger partial charge in [0.05, 0.1) is 17.2 Å². The van der Waals surface area contributed by atoms with E-state index in [0.717, 1.165) is 6.07 Å². The minimum atomic E-state index is -4.76. The van der Waals surface area contributed by atoms with Crippen LogP contribution in [0.4, 0.5) is 32.0 Å². The topological polar surface area (TPSA) is 60.5 Å². The summed E-state index contributed by atoms with van der Waals surface area (Å²) in [6, 6.07) is 2.27. The zero-order chi connectivity index (χ0) is 19.8. The van der Waals surface area contributed by atoms with E-state index in [2.05, 4.69) is 15.5 Å². The first-order valence-corrected chi connectivity index (χ1v) is 7.75. The van der Waals surface area contributed by atoms with E-state index >= 15 is 0 Å². The van der Waals surface area contributed by atoms with Crippen LogP contribution in [0, 0.1) is 11.3 Å². The second-order valence-electron chi connectivity index (χ2n) is 5.69. The van der Waals surface area contributed by atoms with E-state index in [-0.39, 0.29) is 17.1 Å². The average Bonchev–Trinajstić information content (AvgIpc) is 3.00. The van der Waals surface area contributed by atoms with Gasteiger partial charge in [0.2, 0.25) is 0 Å². The summed E-state index contributed by atoms with van der Waals surface area (Å²) >= 11 is 5.10. The van der Waals surface area contributed by atoms with Gasteiger partial charge < -0.3 is 5.32 Å². The van der Waals surface area contributed by atoms with Gasteiger partial charge in [-0.3, -0.25) is 0 Å². The summed E-state index contributed by atoms with van der Waals surface area (Å²) in [4.78, 5) is -0.159. The molecule has 0 amide bonds. The van der Waals surface area contributed by atoms with Crippen molar-refractivity contribution in [3.63, 3.8) is 0 Å². The van der Waals surface area contributed by atoms with Crippen molar-refractivity contribution in [3.05, 3.63) is 29.3 Å². The number of azo groups is 1. The minimum absolute atomic E-state index is 0.0946. The standard InChI is InChI=1S/C15H12F6N4S/c1-2-13(6-11(24-25-13)15(19,20)21)12(26)23-9-4-3-8(7-22)10(5-9)14(16,17)18/h3-5,11H,2,6H2,1H3,(H,23,26). The van der Waals surface area contributed by atoms with Gasteiger partial charge in [0.1, 0.15) is 10.5 Å². The molecule has 2 unspecified atom stereocenters. The number of hydrogen-bond acceptors (Lipinski definition) is 4. The molecule has 0 saturated heterocycles. The SMILES string of the molecule is CCC1(C(=S)Nc2ccc(C#N)c(C(F)(F)F)c2)CC(C(F)(F)F)N=N1. The molecule has 0 saturated carbocycles. The van der Waals surface area contributed by atoms with Crippen molar-refractivity contribution in [3.8, 4) is 6.07 Å². The Kier molecular flexibility index (Phi) is 5.28. The van der Waals surface area contributed by atoms with Crippen molar-refractivity contribution < 1.29 is 26.3 Å². The lowest BCUT2D eigenvalue weighted by atomic mass is 9.90. The maximum Gasteiger partial charge on any atom is 0.417 e. The quantitative estimate of drug-likeness (QED) is 0.563. The average molecular weight is 394 g/mol. The number of halogens is 6. The lowest BCUT2D eigenvalue weighted by Crippen LogP contribution is -2.41. The number of rotatable bonds is 3. The highest BCUT2D eigenvalue weighted by atomic mass is 32.1. The van der Waals surface area contributed by atoms with Crippen LogP contribution < -0.4 is 5.32 Å². The first kappa shape index (κ1) is 20.1. The second kappa shape index (κ2) is 6.83. The number of nitrogens with one attached hydrogen (secondary N) is 1. The molecule has 4 nitrogen and oxygen atoms in total. The van der Waals surface area contributed by atoms with Gasteiger partial charge in [-0.15, -0.1) is 0 Å². The van der Waals surface area contributed by atoms with Crippen LogP contribution in [0.5, 0.6) is 0 Å². The van der Waals surface area contributed by atoms with Crippen LogP contribution in [0.1, 0.15) is 30.9 Å². The predicted octanol–water partition coefficient (Wildman–Crippen LogP) is 5.25. The molecular formula is C15H12F6N4S. The van der Waals surface area contributed by atoms with Gasteiger partial charge in [0.15, 0.2) is 6.04 Å². The molecule has 0 spiro atoms. The lowest BCUT2D eigenvalue weighted by molar-refractivity contribution is -0.147. The van der Waals surface area contributed by atoms with Crippen LogP contribution in [-0.4, -0.2) is 22.7 Å². The van der Waals surface area contributed by atoms with Crippen molar-refractivity contribution >= 4 is 22.9 Å². The third-order valence-corrected chi connectivity index (χ3v) is 4.49. The Morgan fingerprint density at radius 3 is 2.46 bits per heavy atom. The van der Waals surface area contributed by atoms with E-state index in [9.17, 15) is 26.3 Å². The third kappa shape index (κ3) is 3.95. The van der Waals surface area contributed by atoms with E-state index < -0.39 is 41.5 Å². The number of thiocarbonyl (C=S) groups is 1. The Bertz CT molecular complexity index is 780. The van der Waals surface area contributed by atoms with Gasteiger partial charge >= 0.3 is 12.4 Å². The van der Waals surface area contributed by atoms with Gasteiger partial charge in [0.25, 0.3) is 0 Å². The fourth-order valence-electron chi connectivity index (χ4n) is 2.48. The number of nitrogens with zero attached hydrogens (tertiary/aromatic N) is 3. The highest BCUT2D eigenvalue weighted by Crippen LogP contribution is 2.40. The largest absolute Gasteiger partial charge is 0.417 e. The summed E-state index contributed by atoms with van der Waals surface area (Å²) in [5.74, 6) is 0. The van der Waals surface area contributed by atoms with Crippen LogP contribution >= 0.6 is 12.2 Å². The summed E-state index contributed by atoms with van der Waals surface area (Å²) in [6.45, 7) is 1.56. The first-order chi connectivity index (χ1) is 11.9. The van der Waals surface area contributed by atoms with Crippen molar-refractivity contribution in [2.24, 2.45) is 10.2 Å². The molecule has 2 atom stereocenters. The van der Waals surface area contributed by atoms with E-state index in [1.165, 1.54) is 12.1 Å². The van der Waals surface area contributed by atoms with E-state index in [1.54, 1.807) is 6.92 Å². The molecular weight excluding hydrogens is 382 g/mol. The summed E-state index contributed by atoms with van der Waals surface area (Å²) < 4.78 is 77.5. The van der Waals surface area contributed by atoms with Crippen molar-refractivity contribution in [1.82, 2.24) is 0 Å². The fourth-order valence-corrected chi connectivity index (χ4v) is 2.86. The van der Waals surface area contributed by atoms with E-state index in [0.29, 0.717) is 6.07 Å². The molecule has 1 N–H and O–H groups in total. The van der Waals surface area contributed by atoms with Gasteiger partial charge in [-0.25, -0.2) is 0 Å². The molecule has 2 rings (SSSR count). The zero-order valence-electron chi connectivity index (χ0n) is 13.2. The van der Waals surface area contributed by atoms with Gasteiger partial charge in [-0.1, -0.05) is 19.1 Å². The third-order valence-electron chi connectivity index (χ3n) is 4.01. The molecule has 1 aliphatic rings. The molecule has 0 radical (unpaired) electrons. The molecule has 1 aromatic carbocycles. The lowest BCUT2D eigenvalue weighted by Gasteiger charge is -2.26. The summed E-state index contributed by atoms with van der Waals surface area (Å²) in [5.41, 5.74) is -3.28. The molecule has 1 heterocycles. The fraction of sp³-hybridized carbons (Fsp3) is 0.467. The summed E-state index contributed by atoms with van der Waals surface area (Å²) in [6.07, 6.45) is -9.76. The molecule has 0 aliphatic carbocycles. The highest BCUT2D eigenvalue weighted by molar-refractivity contribution is 7.80. The maximum absolute atomic E-state index is 13.0. The Hall–Kier alpha value is -2.22. The van der Waals surface area contributed by atoms with Crippen molar-refractivity contribution in [1.29, 1.82) is 5.26 Å². The number of benzene rings is 1. The minimum Gasteiger partial charge on any atom is -0.348 e. The van der Waals surface area contributed by atoms with Gasteiger partial charge in [0, 0.05) is 12.1 Å². The molecule has 0 bridgehead atoms.